The van der Waals surface area contributed by atoms with Crippen LogP contribution in [0.1, 0.15) is 0 Å². The van der Waals surface area contributed by atoms with Gasteiger partial charge in [0.1, 0.15) is 18.0 Å². The summed E-state index contributed by atoms with van der Waals surface area (Å²) in [4.78, 5) is 7.98. The van der Waals surface area contributed by atoms with E-state index >= 15 is 0 Å². The van der Waals surface area contributed by atoms with E-state index in [-0.39, 0.29) is 0 Å². The van der Waals surface area contributed by atoms with Crippen LogP contribution in [0.3, 0.4) is 0 Å². The second kappa shape index (κ2) is 4.39. The van der Waals surface area contributed by atoms with Crippen LogP contribution in [0.4, 0.5) is 17.3 Å². The Bertz CT molecular complexity index is 429. The van der Waals surface area contributed by atoms with Gasteiger partial charge in [0.2, 0.25) is 0 Å². The van der Waals surface area contributed by atoms with Crippen LogP contribution in [0.25, 0.3) is 0 Å². The maximum absolute atomic E-state index is 5.24. The van der Waals surface area contributed by atoms with E-state index < -0.39 is 0 Å². The summed E-state index contributed by atoms with van der Waals surface area (Å²) in [6.07, 6.45) is 1.44. The fraction of sp³-hybridized carbons (Fsp3) is 0. The summed E-state index contributed by atoms with van der Waals surface area (Å²) in [6.45, 7) is 0. The molecule has 0 saturated carbocycles. The Kier molecular flexibility index (Phi) is 2.75. The van der Waals surface area contributed by atoms with Crippen LogP contribution in [0.2, 0.25) is 0 Å². The number of benzene rings is 1. The van der Waals surface area contributed by atoms with Gasteiger partial charge in [0.15, 0.2) is 0 Å². The number of hydrazine groups is 1. The molecule has 0 unspecified atom stereocenters. The van der Waals surface area contributed by atoms with Gasteiger partial charge < -0.3 is 10.7 Å². The van der Waals surface area contributed by atoms with Crippen LogP contribution in [0.5, 0.6) is 0 Å². The highest BCUT2D eigenvalue weighted by Gasteiger charge is 1.96. The number of nitrogens with zero attached hydrogens (tertiary/aromatic N) is 2. The van der Waals surface area contributed by atoms with Crippen molar-refractivity contribution >= 4 is 17.3 Å². The minimum Gasteiger partial charge on any atom is -0.340 e. The van der Waals surface area contributed by atoms with Gasteiger partial charge in [-0.15, -0.1) is 0 Å². The normalized spacial score (nSPS) is 9.67. The van der Waals surface area contributed by atoms with Gasteiger partial charge in [0, 0.05) is 11.8 Å². The molecule has 5 heteroatoms. The summed E-state index contributed by atoms with van der Waals surface area (Å²) in [7, 11) is 0. The van der Waals surface area contributed by atoms with E-state index in [0.717, 1.165) is 5.69 Å². The van der Waals surface area contributed by atoms with Gasteiger partial charge in [-0.3, -0.25) is 0 Å². The summed E-state index contributed by atoms with van der Waals surface area (Å²) in [5.41, 5.74) is 3.43. The molecule has 2 aromatic rings. The monoisotopic (exact) mass is 201 g/mol. The number of para-hydroxylation sites is 1. The lowest BCUT2D eigenvalue weighted by atomic mass is 10.3. The van der Waals surface area contributed by atoms with Gasteiger partial charge in [0.05, 0.1) is 0 Å². The molecular weight excluding hydrogens is 190 g/mol. The number of aromatic nitrogens is 2. The van der Waals surface area contributed by atoms with Crippen LogP contribution in [0, 0.1) is 0 Å². The van der Waals surface area contributed by atoms with Crippen molar-refractivity contribution in [3.8, 4) is 0 Å². The Morgan fingerprint density at radius 1 is 1.00 bits per heavy atom. The number of hydrogen-bond donors (Lipinski definition) is 3. The molecule has 0 aliphatic carbocycles. The molecule has 1 heterocycles. The SMILES string of the molecule is NNc1cc(Nc2ccccc2)ncn1. The lowest BCUT2D eigenvalue weighted by Crippen LogP contribution is -2.09. The largest absolute Gasteiger partial charge is 0.340 e. The average Bonchev–Trinajstić information content (AvgIpc) is 2.31. The van der Waals surface area contributed by atoms with Crippen molar-refractivity contribution in [2.24, 2.45) is 5.84 Å². The Balaban J connectivity index is 2.17. The zero-order chi connectivity index (χ0) is 10.5. The third kappa shape index (κ3) is 2.41. The van der Waals surface area contributed by atoms with Crippen LogP contribution in [-0.2, 0) is 0 Å². The first-order valence-electron chi connectivity index (χ1n) is 4.49. The molecule has 0 saturated heterocycles. The Morgan fingerprint density at radius 2 is 1.73 bits per heavy atom. The lowest BCUT2D eigenvalue weighted by molar-refractivity contribution is 1.14. The number of nitrogens with one attached hydrogen (secondary N) is 2. The molecule has 5 nitrogen and oxygen atoms in total. The first-order chi connectivity index (χ1) is 7.38. The molecule has 0 radical (unpaired) electrons. The summed E-state index contributed by atoms with van der Waals surface area (Å²) in [5, 5.41) is 3.13. The van der Waals surface area contributed by atoms with Crippen LogP contribution < -0.4 is 16.6 Å². The maximum atomic E-state index is 5.24. The van der Waals surface area contributed by atoms with Gasteiger partial charge in [-0.25, -0.2) is 15.8 Å². The van der Waals surface area contributed by atoms with E-state index in [1.165, 1.54) is 6.33 Å². The molecule has 1 aromatic heterocycles. The molecular formula is C10H11N5. The summed E-state index contributed by atoms with van der Waals surface area (Å²) in [5.74, 6) is 6.51. The Morgan fingerprint density at radius 3 is 2.47 bits per heavy atom. The second-order valence-corrected chi connectivity index (χ2v) is 2.92. The summed E-state index contributed by atoms with van der Waals surface area (Å²) in [6, 6.07) is 11.5. The number of nitrogens with two attached hydrogens (primary N) is 1. The van der Waals surface area contributed by atoms with Gasteiger partial charge in [0.25, 0.3) is 0 Å². The third-order valence-corrected chi connectivity index (χ3v) is 1.86. The summed E-state index contributed by atoms with van der Waals surface area (Å²) < 4.78 is 0. The van der Waals surface area contributed by atoms with E-state index in [4.69, 9.17) is 5.84 Å². The fourth-order valence-electron chi connectivity index (χ4n) is 1.17. The second-order valence-electron chi connectivity index (χ2n) is 2.92. The number of rotatable bonds is 3. The molecule has 15 heavy (non-hydrogen) atoms. The van der Waals surface area contributed by atoms with Crippen molar-refractivity contribution in [1.29, 1.82) is 0 Å². The molecule has 0 atom stereocenters. The Labute approximate surface area is 87.3 Å². The number of nitrogen functional groups attached to an aromatic ring is 1. The van der Waals surface area contributed by atoms with Crippen molar-refractivity contribution in [3.63, 3.8) is 0 Å². The van der Waals surface area contributed by atoms with Crippen molar-refractivity contribution in [1.82, 2.24) is 9.97 Å². The van der Waals surface area contributed by atoms with Crippen molar-refractivity contribution in [2.45, 2.75) is 0 Å². The smallest absolute Gasteiger partial charge is 0.145 e. The van der Waals surface area contributed by atoms with E-state index in [9.17, 15) is 0 Å². The molecule has 0 spiro atoms. The average molecular weight is 201 g/mol. The van der Waals surface area contributed by atoms with Crippen molar-refractivity contribution in [2.75, 3.05) is 10.7 Å². The molecule has 0 aliphatic heterocycles. The maximum Gasteiger partial charge on any atom is 0.145 e. The topological polar surface area (TPSA) is 75.9 Å². The molecule has 0 bridgehead atoms. The molecule has 2 rings (SSSR count). The van der Waals surface area contributed by atoms with Crippen molar-refractivity contribution in [3.05, 3.63) is 42.7 Å². The lowest BCUT2D eigenvalue weighted by Gasteiger charge is -2.05. The number of anilines is 3. The van der Waals surface area contributed by atoms with Gasteiger partial charge in [-0.05, 0) is 12.1 Å². The third-order valence-electron chi connectivity index (χ3n) is 1.86. The molecule has 4 N–H and O–H groups in total. The van der Waals surface area contributed by atoms with Gasteiger partial charge in [-0.2, -0.15) is 0 Å². The first kappa shape index (κ1) is 9.42. The number of hydrogen-bond acceptors (Lipinski definition) is 5. The zero-order valence-electron chi connectivity index (χ0n) is 8.01. The van der Waals surface area contributed by atoms with E-state index in [0.29, 0.717) is 11.6 Å². The molecule has 76 valence electrons. The fourth-order valence-corrected chi connectivity index (χ4v) is 1.17. The van der Waals surface area contributed by atoms with E-state index in [1.54, 1.807) is 6.07 Å². The molecule has 0 fully saturated rings. The van der Waals surface area contributed by atoms with Crippen LogP contribution in [0.15, 0.2) is 42.7 Å². The minimum absolute atomic E-state index is 0.573. The standard InChI is InChI=1S/C10H11N5/c11-15-10-6-9(12-7-13-10)14-8-4-2-1-3-5-8/h1-7H,11H2,(H2,12,13,14,15). The van der Waals surface area contributed by atoms with Gasteiger partial charge in [-0.1, -0.05) is 18.2 Å². The highest BCUT2D eigenvalue weighted by molar-refractivity contribution is 5.58. The minimum atomic E-state index is 0.573. The van der Waals surface area contributed by atoms with Gasteiger partial charge >= 0.3 is 0 Å². The van der Waals surface area contributed by atoms with E-state index in [2.05, 4.69) is 20.7 Å². The molecule has 0 aliphatic rings. The predicted octanol–water partition coefficient (Wildman–Crippen LogP) is 1.51. The first-order valence-corrected chi connectivity index (χ1v) is 4.49. The summed E-state index contributed by atoms with van der Waals surface area (Å²) >= 11 is 0. The predicted molar refractivity (Wildman–Crippen MR) is 59.6 cm³/mol. The highest BCUT2D eigenvalue weighted by Crippen LogP contribution is 2.14. The highest BCUT2D eigenvalue weighted by atomic mass is 15.3. The van der Waals surface area contributed by atoms with Crippen LogP contribution in [-0.4, -0.2) is 9.97 Å². The molecule has 1 aromatic carbocycles. The quantitative estimate of drug-likeness (QED) is 0.518. The Hall–Kier alpha value is -2.14. The van der Waals surface area contributed by atoms with Crippen molar-refractivity contribution < 1.29 is 0 Å². The molecule has 0 amide bonds. The van der Waals surface area contributed by atoms with Crippen LogP contribution >= 0.6 is 0 Å². The van der Waals surface area contributed by atoms with E-state index in [1.807, 2.05) is 30.3 Å². The zero-order valence-corrected chi connectivity index (χ0v) is 8.01.